The Morgan fingerprint density at radius 3 is 2.56 bits per heavy atom. The third-order valence-electron chi connectivity index (χ3n) is 8.26. The van der Waals surface area contributed by atoms with Crippen LogP contribution in [0.5, 0.6) is 5.75 Å². The van der Waals surface area contributed by atoms with Gasteiger partial charge in [0.05, 0.1) is 6.04 Å². The maximum Gasteiger partial charge on any atom is 0.251 e. The number of carbonyl (C=O) groups is 2. The second kappa shape index (κ2) is 7.65. The first kappa shape index (κ1) is 21.0. The maximum atomic E-state index is 12.8. The van der Waals surface area contributed by atoms with E-state index in [9.17, 15) is 14.7 Å². The number of hydrogen-bond donors (Lipinski definition) is 3. The highest BCUT2D eigenvalue weighted by Crippen LogP contribution is 2.68. The zero-order valence-electron chi connectivity index (χ0n) is 19.1. The van der Waals surface area contributed by atoms with Gasteiger partial charge in [0, 0.05) is 18.0 Å². The zero-order valence-corrected chi connectivity index (χ0v) is 19.1. The molecule has 0 bridgehead atoms. The van der Waals surface area contributed by atoms with Gasteiger partial charge in [-0.15, -0.1) is 0 Å². The Morgan fingerprint density at radius 2 is 1.84 bits per heavy atom. The lowest BCUT2D eigenvalue weighted by molar-refractivity contribution is -0.126. The van der Waals surface area contributed by atoms with E-state index >= 15 is 0 Å². The molecule has 0 saturated heterocycles. The zero-order chi connectivity index (χ0) is 22.6. The molecule has 2 saturated carbocycles. The number of nitrogens with one attached hydrogen (secondary N) is 2. The van der Waals surface area contributed by atoms with Gasteiger partial charge in [-0.05, 0) is 84.2 Å². The number of amides is 2. The molecule has 2 aromatic rings. The molecule has 0 spiro atoms. The number of benzene rings is 2. The third kappa shape index (κ3) is 3.68. The van der Waals surface area contributed by atoms with Crippen molar-refractivity contribution in [3.05, 3.63) is 64.2 Å². The highest BCUT2D eigenvalue weighted by Gasteiger charge is 2.63. The Balaban J connectivity index is 1.17. The van der Waals surface area contributed by atoms with E-state index in [1.54, 1.807) is 19.1 Å². The van der Waals surface area contributed by atoms with Gasteiger partial charge >= 0.3 is 0 Å². The highest BCUT2D eigenvalue weighted by atomic mass is 16.3. The Bertz CT molecular complexity index is 1080. The van der Waals surface area contributed by atoms with Crippen molar-refractivity contribution in [2.24, 2.45) is 23.2 Å². The summed E-state index contributed by atoms with van der Waals surface area (Å²) in [6.07, 6.45) is 3.96. The Kier molecular flexibility index (Phi) is 5.03. The highest BCUT2D eigenvalue weighted by molar-refractivity contribution is 5.94. The van der Waals surface area contributed by atoms with Crippen LogP contribution < -0.4 is 10.6 Å². The Labute approximate surface area is 189 Å². The molecule has 3 aliphatic carbocycles. The van der Waals surface area contributed by atoms with E-state index in [1.165, 1.54) is 17.2 Å². The molecule has 3 aliphatic rings. The predicted octanol–water partition coefficient (Wildman–Crippen LogP) is 4.42. The van der Waals surface area contributed by atoms with Gasteiger partial charge in [-0.25, -0.2) is 0 Å². The molecule has 1 unspecified atom stereocenters. The normalized spacial score (nSPS) is 26.8. The molecule has 168 valence electrons. The first-order valence-corrected chi connectivity index (χ1v) is 11.7. The fourth-order valence-electron chi connectivity index (χ4n) is 5.97. The van der Waals surface area contributed by atoms with Crippen molar-refractivity contribution in [3.63, 3.8) is 0 Å². The van der Waals surface area contributed by atoms with Crippen LogP contribution in [0, 0.1) is 30.1 Å². The third-order valence-corrected chi connectivity index (χ3v) is 8.26. The Morgan fingerprint density at radius 1 is 1.09 bits per heavy atom. The summed E-state index contributed by atoms with van der Waals surface area (Å²) in [5.41, 5.74) is 5.15. The molecule has 2 aromatic carbocycles. The topological polar surface area (TPSA) is 78.4 Å². The molecular formula is C27H32N2O3. The molecular weight excluding hydrogens is 400 g/mol. The monoisotopic (exact) mass is 432 g/mol. The summed E-state index contributed by atoms with van der Waals surface area (Å²) in [5.74, 6) is 1.79. The lowest BCUT2D eigenvalue weighted by atomic mass is 9.92. The van der Waals surface area contributed by atoms with Gasteiger partial charge in [-0.1, -0.05) is 38.1 Å². The summed E-state index contributed by atoms with van der Waals surface area (Å²) in [6, 6.07) is 11.3. The Hall–Kier alpha value is -2.82. The number of carbonyl (C=O) groups excluding carboxylic acids is 2. The second-order valence-electron chi connectivity index (χ2n) is 10.5. The molecule has 32 heavy (non-hydrogen) atoms. The molecule has 0 heterocycles. The molecule has 3 N–H and O–H groups in total. The van der Waals surface area contributed by atoms with Crippen LogP contribution in [-0.2, 0) is 17.8 Å². The quantitative estimate of drug-likeness (QED) is 0.655. The smallest absolute Gasteiger partial charge is 0.251 e. The van der Waals surface area contributed by atoms with Crippen LogP contribution in [0.25, 0.3) is 0 Å². The van der Waals surface area contributed by atoms with Crippen LogP contribution in [-0.4, -0.2) is 16.9 Å². The van der Waals surface area contributed by atoms with Gasteiger partial charge < -0.3 is 15.7 Å². The molecule has 2 fully saturated rings. The van der Waals surface area contributed by atoms with Crippen molar-refractivity contribution < 1.29 is 14.7 Å². The van der Waals surface area contributed by atoms with E-state index in [2.05, 4.69) is 36.6 Å². The van der Waals surface area contributed by atoms with Crippen molar-refractivity contribution >= 4 is 11.8 Å². The fourth-order valence-corrected chi connectivity index (χ4v) is 5.97. The van der Waals surface area contributed by atoms with E-state index in [4.69, 9.17) is 0 Å². The summed E-state index contributed by atoms with van der Waals surface area (Å²) in [6.45, 7) is 6.88. The number of aromatic hydroxyl groups is 1. The van der Waals surface area contributed by atoms with Gasteiger partial charge in [0.15, 0.2) is 0 Å². The fraction of sp³-hybridized carbons (Fsp3) is 0.481. The van der Waals surface area contributed by atoms with Crippen LogP contribution in [0.2, 0.25) is 0 Å². The molecule has 5 heteroatoms. The SMILES string of the molecule is Cc1ccc(C(=O)NCc2ccc3c(c2)CCC3NC(=O)[C@@H]2C[C@@H]3[C@H](C2)C3(C)C)cc1O. The lowest BCUT2D eigenvalue weighted by Crippen LogP contribution is -2.33. The van der Waals surface area contributed by atoms with Gasteiger partial charge in [-0.3, -0.25) is 9.59 Å². The minimum absolute atomic E-state index is 0.0987. The minimum Gasteiger partial charge on any atom is -0.508 e. The van der Waals surface area contributed by atoms with Crippen LogP contribution in [0.1, 0.15) is 71.8 Å². The van der Waals surface area contributed by atoms with Crippen molar-refractivity contribution in [3.8, 4) is 5.75 Å². The van der Waals surface area contributed by atoms with Crippen LogP contribution in [0.3, 0.4) is 0 Å². The number of hydrogen-bond acceptors (Lipinski definition) is 3. The molecule has 0 aromatic heterocycles. The average molecular weight is 433 g/mol. The predicted molar refractivity (Wildman–Crippen MR) is 123 cm³/mol. The van der Waals surface area contributed by atoms with Gasteiger partial charge in [0.25, 0.3) is 5.91 Å². The van der Waals surface area contributed by atoms with Crippen LogP contribution in [0.4, 0.5) is 0 Å². The molecule has 4 atom stereocenters. The minimum atomic E-state index is -0.205. The second-order valence-corrected chi connectivity index (χ2v) is 10.5. The van der Waals surface area contributed by atoms with E-state index in [0.29, 0.717) is 17.5 Å². The lowest BCUT2D eigenvalue weighted by Gasteiger charge is -2.20. The first-order chi connectivity index (χ1) is 15.2. The van der Waals surface area contributed by atoms with Crippen molar-refractivity contribution in [1.82, 2.24) is 10.6 Å². The molecule has 0 radical (unpaired) electrons. The van der Waals surface area contributed by atoms with E-state index in [0.717, 1.165) is 48.6 Å². The maximum absolute atomic E-state index is 12.8. The van der Waals surface area contributed by atoms with Crippen molar-refractivity contribution in [1.29, 1.82) is 0 Å². The number of aryl methyl sites for hydroxylation is 2. The average Bonchev–Trinajstić information content (AvgIpc) is 3.18. The standard InChI is InChI=1S/C27H32N2O3/c1-15-4-6-18(13-24(15)30)25(31)28-14-16-5-8-20-17(10-16)7-9-23(20)29-26(32)19-11-21-22(12-19)27(21,2)3/h4-6,8,10,13,19,21-23,30H,7,9,11-12,14H2,1-3H3,(H,28,31)(H,29,32)/t19-,21-,22+,23?. The largest absolute Gasteiger partial charge is 0.508 e. The van der Waals surface area contributed by atoms with E-state index in [1.807, 2.05) is 6.07 Å². The summed E-state index contributed by atoms with van der Waals surface area (Å²) in [4.78, 5) is 25.2. The number of rotatable bonds is 5. The van der Waals surface area contributed by atoms with Gasteiger partial charge in [0.1, 0.15) is 5.75 Å². The number of phenols is 1. The van der Waals surface area contributed by atoms with E-state index in [-0.39, 0.29) is 29.5 Å². The summed E-state index contributed by atoms with van der Waals surface area (Å²) < 4.78 is 0. The number of fused-ring (bicyclic) bond motifs is 2. The summed E-state index contributed by atoms with van der Waals surface area (Å²) in [5, 5.41) is 16.1. The molecule has 5 rings (SSSR count). The van der Waals surface area contributed by atoms with E-state index < -0.39 is 0 Å². The summed E-state index contributed by atoms with van der Waals surface area (Å²) >= 11 is 0. The van der Waals surface area contributed by atoms with Crippen LogP contribution in [0.15, 0.2) is 36.4 Å². The molecule has 0 aliphatic heterocycles. The number of phenolic OH excluding ortho intramolecular Hbond substituents is 1. The van der Waals surface area contributed by atoms with Crippen molar-refractivity contribution in [2.45, 2.75) is 59.0 Å². The van der Waals surface area contributed by atoms with Gasteiger partial charge in [-0.2, -0.15) is 0 Å². The van der Waals surface area contributed by atoms with Crippen molar-refractivity contribution in [2.75, 3.05) is 0 Å². The molecule has 2 amide bonds. The molecule has 5 nitrogen and oxygen atoms in total. The first-order valence-electron chi connectivity index (χ1n) is 11.7. The summed E-state index contributed by atoms with van der Waals surface area (Å²) in [7, 11) is 0. The van der Waals surface area contributed by atoms with Crippen LogP contribution >= 0.6 is 0 Å². The van der Waals surface area contributed by atoms with Gasteiger partial charge in [0.2, 0.25) is 5.91 Å².